The van der Waals surface area contributed by atoms with Crippen LogP contribution >= 0.6 is 0 Å². The molecule has 1 aromatic heterocycles. The van der Waals surface area contributed by atoms with Gasteiger partial charge in [-0.25, -0.2) is 17.5 Å². The van der Waals surface area contributed by atoms with Gasteiger partial charge in [-0.3, -0.25) is 0 Å². The van der Waals surface area contributed by atoms with Gasteiger partial charge in [0.15, 0.2) is 9.84 Å². The Bertz CT molecular complexity index is 1470. The van der Waals surface area contributed by atoms with Gasteiger partial charge in [-0.05, 0) is 74.7 Å². The normalized spacial score (nSPS) is 24.2. The molecule has 2 unspecified atom stereocenters. The number of anilines is 2. The topological polar surface area (TPSA) is 103 Å². The van der Waals surface area contributed by atoms with Crippen LogP contribution in [0, 0.1) is 23.1 Å². The number of hydrogen-bond donors (Lipinski definition) is 2. The Morgan fingerprint density at radius 3 is 2.66 bits per heavy atom. The summed E-state index contributed by atoms with van der Waals surface area (Å²) in [5.41, 5.74) is 3.16. The summed E-state index contributed by atoms with van der Waals surface area (Å²) in [5, 5.41) is 20.7. The first kappa shape index (κ1) is 24.9. The Morgan fingerprint density at radius 2 is 1.95 bits per heavy atom. The molecule has 2 aromatic carbocycles. The average Bonchev–Trinajstić information content (AvgIpc) is 3.54. The second-order valence-electron chi connectivity index (χ2n) is 10.6. The molecule has 0 saturated carbocycles. The third-order valence-corrected chi connectivity index (χ3v) is 10.3. The third kappa shape index (κ3) is 4.76. The van der Waals surface area contributed by atoms with E-state index >= 15 is 0 Å². The number of nitrogens with zero attached hydrogens (tertiary/aromatic N) is 4. The van der Waals surface area contributed by atoms with Crippen LogP contribution < -0.4 is 15.5 Å². The maximum atomic E-state index is 14.5. The molecule has 0 amide bonds. The number of fused-ring (bicyclic) bond motifs is 2. The van der Waals surface area contributed by atoms with Gasteiger partial charge in [-0.1, -0.05) is 12.5 Å². The van der Waals surface area contributed by atoms with Crippen molar-refractivity contribution < 1.29 is 12.8 Å². The van der Waals surface area contributed by atoms with E-state index < -0.39 is 15.7 Å². The zero-order chi connectivity index (χ0) is 26.3. The van der Waals surface area contributed by atoms with Gasteiger partial charge in [-0.15, -0.1) is 5.10 Å². The van der Waals surface area contributed by atoms with E-state index in [-0.39, 0.29) is 22.6 Å². The molecule has 2 bridgehead atoms. The Labute approximate surface area is 222 Å². The van der Waals surface area contributed by atoms with E-state index in [4.69, 9.17) is 10.4 Å². The minimum atomic E-state index is -2.95. The molecule has 3 aliphatic heterocycles. The number of halogens is 1. The number of rotatable bonds is 6. The minimum Gasteiger partial charge on any atom is -0.368 e. The van der Waals surface area contributed by atoms with Crippen LogP contribution in [0.2, 0.25) is 0 Å². The summed E-state index contributed by atoms with van der Waals surface area (Å²) in [6, 6.07) is 16.4. The van der Waals surface area contributed by atoms with Crippen molar-refractivity contribution in [2.45, 2.75) is 37.0 Å². The molecule has 3 atom stereocenters. The van der Waals surface area contributed by atoms with Crippen molar-refractivity contribution in [3.63, 3.8) is 0 Å². The molecule has 3 fully saturated rings. The highest BCUT2D eigenvalue weighted by Crippen LogP contribution is 2.37. The summed E-state index contributed by atoms with van der Waals surface area (Å²) in [7, 11) is -2.95. The molecule has 8 nitrogen and oxygen atoms in total. The van der Waals surface area contributed by atoms with Crippen LogP contribution in [0.25, 0.3) is 16.9 Å². The maximum absolute atomic E-state index is 14.5. The molecule has 4 heterocycles. The summed E-state index contributed by atoms with van der Waals surface area (Å²) < 4.78 is 40.6. The maximum Gasteiger partial charge on any atom is 0.156 e. The smallest absolute Gasteiger partial charge is 0.156 e. The largest absolute Gasteiger partial charge is 0.368 e. The summed E-state index contributed by atoms with van der Waals surface area (Å²) in [6.45, 7) is 3.37. The minimum absolute atomic E-state index is 0.00491. The molecule has 38 heavy (non-hydrogen) atoms. The quantitative estimate of drug-likeness (QED) is 0.497. The third-order valence-electron chi connectivity index (χ3n) is 8.05. The lowest BCUT2D eigenvalue weighted by molar-refractivity contribution is 0.502. The number of nitriles is 1. The van der Waals surface area contributed by atoms with Crippen LogP contribution in [-0.2, 0) is 9.84 Å². The Hall–Kier alpha value is -3.42. The summed E-state index contributed by atoms with van der Waals surface area (Å²) in [6.07, 6.45) is 4.27. The highest BCUT2D eigenvalue weighted by Gasteiger charge is 2.48. The molecule has 0 aliphatic carbocycles. The Kier molecular flexibility index (Phi) is 6.58. The van der Waals surface area contributed by atoms with Gasteiger partial charge in [0.2, 0.25) is 0 Å². The lowest BCUT2D eigenvalue weighted by Crippen LogP contribution is -2.40. The van der Waals surface area contributed by atoms with Gasteiger partial charge in [0, 0.05) is 36.4 Å². The fraction of sp³-hybridized carbons (Fsp3) is 0.429. The molecule has 6 rings (SSSR count). The molecule has 0 radical (unpaired) electrons. The first-order valence-corrected chi connectivity index (χ1v) is 15.0. The molecular weight excluding hydrogens is 503 g/mol. The van der Waals surface area contributed by atoms with Crippen LogP contribution in [0.1, 0.15) is 31.2 Å². The van der Waals surface area contributed by atoms with E-state index in [9.17, 15) is 12.8 Å². The van der Waals surface area contributed by atoms with Gasteiger partial charge < -0.3 is 15.5 Å². The highest BCUT2D eigenvalue weighted by molar-refractivity contribution is 7.92. The standard InChI is InChI=1S/C28H31FN6O2S/c29-26-11-20(4-5-21(26)14-30)27-13-28(32-16-19-3-1-2-10-31-15-19)33-35(27)23-8-6-22(7-9-23)34-17-25-12-24(34)18-38(25,36)37/h4-9,11,13,19,24-25,31H,1-3,10,12,15-18H2,(H,32,33)/t19-,24?,25?/m1/s1. The van der Waals surface area contributed by atoms with Crippen molar-refractivity contribution in [1.29, 1.82) is 5.26 Å². The fourth-order valence-corrected chi connectivity index (χ4v) is 7.97. The summed E-state index contributed by atoms with van der Waals surface area (Å²) >= 11 is 0. The predicted octanol–water partition coefficient (Wildman–Crippen LogP) is 3.73. The van der Waals surface area contributed by atoms with E-state index in [1.807, 2.05) is 36.4 Å². The highest BCUT2D eigenvalue weighted by atomic mass is 32.2. The van der Waals surface area contributed by atoms with Crippen molar-refractivity contribution in [2.24, 2.45) is 5.92 Å². The number of sulfone groups is 1. The Morgan fingerprint density at radius 1 is 1.13 bits per heavy atom. The van der Waals surface area contributed by atoms with Gasteiger partial charge in [0.1, 0.15) is 17.7 Å². The zero-order valence-corrected chi connectivity index (χ0v) is 21.9. The number of benzene rings is 2. The van der Waals surface area contributed by atoms with Crippen molar-refractivity contribution in [3.8, 4) is 23.0 Å². The van der Waals surface area contributed by atoms with E-state index in [0.717, 1.165) is 37.4 Å². The fourth-order valence-electron chi connectivity index (χ4n) is 5.95. The first-order valence-electron chi connectivity index (χ1n) is 13.2. The molecular formula is C28H31FN6O2S. The second kappa shape index (κ2) is 10.0. The number of nitrogens with one attached hydrogen (secondary N) is 2. The molecule has 3 aromatic rings. The molecule has 0 spiro atoms. The molecule has 2 N–H and O–H groups in total. The van der Waals surface area contributed by atoms with Gasteiger partial charge in [0.25, 0.3) is 0 Å². The summed E-state index contributed by atoms with van der Waals surface area (Å²) in [4.78, 5) is 2.18. The van der Waals surface area contributed by atoms with Crippen molar-refractivity contribution in [1.82, 2.24) is 15.1 Å². The van der Waals surface area contributed by atoms with Crippen molar-refractivity contribution in [3.05, 3.63) is 59.9 Å². The zero-order valence-electron chi connectivity index (χ0n) is 21.1. The summed E-state index contributed by atoms with van der Waals surface area (Å²) in [5.74, 6) is 0.877. The number of hydrogen-bond acceptors (Lipinski definition) is 7. The van der Waals surface area contributed by atoms with Gasteiger partial charge in [0.05, 0.1) is 27.9 Å². The van der Waals surface area contributed by atoms with Crippen LogP contribution in [0.3, 0.4) is 0 Å². The lowest BCUT2D eigenvalue weighted by Gasteiger charge is -2.29. The van der Waals surface area contributed by atoms with E-state index in [1.165, 1.54) is 25.0 Å². The molecule has 3 saturated heterocycles. The van der Waals surface area contributed by atoms with Crippen LogP contribution in [-0.4, -0.2) is 61.4 Å². The van der Waals surface area contributed by atoms with Gasteiger partial charge >= 0.3 is 0 Å². The van der Waals surface area contributed by atoms with E-state index in [0.29, 0.717) is 36.0 Å². The molecule has 198 valence electrons. The average molecular weight is 535 g/mol. The van der Waals surface area contributed by atoms with Crippen molar-refractivity contribution in [2.75, 3.05) is 42.1 Å². The van der Waals surface area contributed by atoms with Crippen LogP contribution in [0.15, 0.2) is 48.5 Å². The lowest BCUT2D eigenvalue weighted by atomic mass is 10.0. The van der Waals surface area contributed by atoms with Crippen LogP contribution in [0.5, 0.6) is 0 Å². The first-order chi connectivity index (χ1) is 18.4. The second-order valence-corrected chi connectivity index (χ2v) is 12.9. The Balaban J connectivity index is 1.28. The predicted molar refractivity (Wildman–Crippen MR) is 146 cm³/mol. The van der Waals surface area contributed by atoms with E-state index in [2.05, 4.69) is 15.5 Å². The van der Waals surface area contributed by atoms with E-state index in [1.54, 1.807) is 10.7 Å². The SMILES string of the molecule is N#Cc1ccc(-c2cc(NC[C@@H]3CCCCNC3)nn2-c2ccc(N3CC4CC3CS4(=O)=O)cc2)cc1F. The van der Waals surface area contributed by atoms with Crippen molar-refractivity contribution >= 4 is 21.3 Å². The van der Waals surface area contributed by atoms with Crippen LogP contribution in [0.4, 0.5) is 15.9 Å². The number of aromatic nitrogens is 2. The molecule has 10 heteroatoms. The van der Waals surface area contributed by atoms with Gasteiger partial charge in [-0.2, -0.15) is 5.26 Å². The monoisotopic (exact) mass is 534 g/mol. The molecule has 3 aliphatic rings.